The van der Waals surface area contributed by atoms with Crippen LogP contribution in [-0.4, -0.2) is 12.5 Å². The van der Waals surface area contributed by atoms with Crippen molar-refractivity contribution in [2.24, 2.45) is 0 Å². The Morgan fingerprint density at radius 2 is 2.00 bits per heavy atom. The van der Waals surface area contributed by atoms with E-state index in [1.54, 1.807) is 12.1 Å². The molecule has 3 nitrogen and oxygen atoms in total. The van der Waals surface area contributed by atoms with Crippen molar-refractivity contribution in [2.75, 3.05) is 11.9 Å². The fraction of sp³-hybridized carbons (Fsp3) is 0.235. The van der Waals surface area contributed by atoms with Gasteiger partial charge in [0.25, 0.3) is 5.91 Å². The van der Waals surface area contributed by atoms with Gasteiger partial charge in [0.05, 0.1) is 0 Å². The van der Waals surface area contributed by atoms with Crippen LogP contribution in [0.2, 0.25) is 5.02 Å². The van der Waals surface area contributed by atoms with Crippen molar-refractivity contribution in [3.63, 3.8) is 0 Å². The third-order valence-electron chi connectivity index (χ3n) is 3.17. The first-order valence-corrected chi connectivity index (χ1v) is 7.24. The Kier molecular flexibility index (Phi) is 5.23. The predicted molar refractivity (Wildman–Crippen MR) is 86.1 cm³/mol. The summed E-state index contributed by atoms with van der Waals surface area (Å²) in [6.45, 7) is 3.92. The Labute approximate surface area is 129 Å². The molecule has 0 saturated carbocycles. The summed E-state index contributed by atoms with van der Waals surface area (Å²) in [4.78, 5) is 11.9. The van der Waals surface area contributed by atoms with E-state index in [9.17, 15) is 4.79 Å². The molecule has 0 spiro atoms. The van der Waals surface area contributed by atoms with E-state index in [4.69, 9.17) is 16.3 Å². The zero-order valence-electron chi connectivity index (χ0n) is 12.2. The fourth-order valence-electron chi connectivity index (χ4n) is 1.99. The van der Waals surface area contributed by atoms with Crippen LogP contribution in [0.1, 0.15) is 18.1 Å². The topological polar surface area (TPSA) is 38.3 Å². The van der Waals surface area contributed by atoms with Crippen molar-refractivity contribution < 1.29 is 9.53 Å². The van der Waals surface area contributed by atoms with Crippen molar-refractivity contribution in [3.8, 4) is 5.75 Å². The number of para-hydroxylation sites is 1. The number of benzene rings is 2. The molecule has 0 bridgehead atoms. The monoisotopic (exact) mass is 303 g/mol. The van der Waals surface area contributed by atoms with E-state index in [0.29, 0.717) is 10.8 Å². The molecule has 110 valence electrons. The number of carbonyl (C=O) groups is 1. The number of hydrogen-bond donors (Lipinski definition) is 1. The molecular formula is C17H18ClNO2. The van der Waals surface area contributed by atoms with Crippen LogP contribution in [0, 0.1) is 6.92 Å². The number of ether oxygens (including phenoxy) is 1. The maximum Gasteiger partial charge on any atom is 0.262 e. The molecule has 0 unspecified atom stereocenters. The summed E-state index contributed by atoms with van der Waals surface area (Å²) in [5.74, 6) is 0.458. The summed E-state index contributed by atoms with van der Waals surface area (Å²) in [5.41, 5.74) is 2.86. The molecule has 0 heterocycles. The highest BCUT2D eigenvalue weighted by atomic mass is 35.5. The lowest BCUT2D eigenvalue weighted by molar-refractivity contribution is -0.118. The molecule has 2 rings (SSSR count). The Morgan fingerprint density at radius 3 is 2.71 bits per heavy atom. The van der Waals surface area contributed by atoms with Crippen LogP contribution < -0.4 is 10.1 Å². The number of rotatable bonds is 5. The van der Waals surface area contributed by atoms with Crippen LogP contribution in [0.25, 0.3) is 0 Å². The fourth-order valence-corrected chi connectivity index (χ4v) is 2.11. The number of carbonyl (C=O) groups excluding carboxylic acids is 1. The standard InChI is InChI=1S/C17H18ClNO2/c1-3-13-6-4-5-7-16(13)19-17(20)11-21-14-8-9-15(18)12(2)10-14/h4-10H,3,11H2,1-2H3,(H,19,20). The van der Waals surface area contributed by atoms with Gasteiger partial charge in [0.1, 0.15) is 5.75 Å². The molecule has 4 heteroatoms. The largest absolute Gasteiger partial charge is 0.484 e. The highest BCUT2D eigenvalue weighted by Crippen LogP contribution is 2.21. The van der Waals surface area contributed by atoms with Gasteiger partial charge in [-0.15, -0.1) is 0 Å². The average Bonchev–Trinajstić information content (AvgIpc) is 2.49. The second kappa shape index (κ2) is 7.14. The van der Waals surface area contributed by atoms with Crippen LogP contribution >= 0.6 is 11.6 Å². The molecule has 0 atom stereocenters. The van der Waals surface area contributed by atoms with Gasteiger partial charge in [-0.25, -0.2) is 0 Å². The van der Waals surface area contributed by atoms with Gasteiger partial charge in [-0.1, -0.05) is 36.7 Å². The second-order valence-electron chi connectivity index (χ2n) is 4.76. The molecule has 0 aromatic heterocycles. The van der Waals surface area contributed by atoms with E-state index < -0.39 is 0 Å². The number of anilines is 1. The first-order chi connectivity index (χ1) is 10.1. The van der Waals surface area contributed by atoms with Crippen LogP contribution in [0.4, 0.5) is 5.69 Å². The van der Waals surface area contributed by atoms with Gasteiger partial charge in [0.15, 0.2) is 6.61 Å². The summed E-state index contributed by atoms with van der Waals surface area (Å²) in [5, 5.41) is 3.55. The van der Waals surface area contributed by atoms with E-state index in [1.807, 2.05) is 37.3 Å². The van der Waals surface area contributed by atoms with Crippen molar-refractivity contribution in [3.05, 3.63) is 58.6 Å². The summed E-state index contributed by atoms with van der Waals surface area (Å²) in [7, 11) is 0. The van der Waals surface area contributed by atoms with E-state index in [2.05, 4.69) is 12.2 Å². The van der Waals surface area contributed by atoms with Gasteiger partial charge in [0, 0.05) is 10.7 Å². The molecule has 0 saturated heterocycles. The molecular weight excluding hydrogens is 286 g/mol. The molecule has 0 aliphatic carbocycles. The molecule has 0 radical (unpaired) electrons. The average molecular weight is 304 g/mol. The van der Waals surface area contributed by atoms with E-state index >= 15 is 0 Å². The molecule has 21 heavy (non-hydrogen) atoms. The number of halogens is 1. The van der Waals surface area contributed by atoms with Crippen LogP contribution in [0.3, 0.4) is 0 Å². The number of hydrogen-bond acceptors (Lipinski definition) is 2. The smallest absolute Gasteiger partial charge is 0.262 e. The maximum atomic E-state index is 11.9. The Balaban J connectivity index is 1.94. The zero-order valence-corrected chi connectivity index (χ0v) is 12.9. The Morgan fingerprint density at radius 1 is 1.24 bits per heavy atom. The molecule has 2 aromatic carbocycles. The molecule has 1 N–H and O–H groups in total. The highest BCUT2D eigenvalue weighted by Gasteiger charge is 2.07. The number of nitrogens with one attached hydrogen (secondary N) is 1. The molecule has 0 aliphatic heterocycles. The first kappa shape index (κ1) is 15.4. The Hall–Kier alpha value is -2.00. The number of amides is 1. The second-order valence-corrected chi connectivity index (χ2v) is 5.17. The molecule has 0 aliphatic rings. The lowest BCUT2D eigenvalue weighted by Gasteiger charge is -2.11. The van der Waals surface area contributed by atoms with Gasteiger partial charge in [0.2, 0.25) is 0 Å². The minimum Gasteiger partial charge on any atom is -0.484 e. The summed E-state index contributed by atoms with van der Waals surface area (Å²) < 4.78 is 5.48. The molecule has 0 fully saturated rings. The minimum atomic E-state index is -0.177. The third-order valence-corrected chi connectivity index (χ3v) is 3.60. The van der Waals surface area contributed by atoms with Gasteiger partial charge in [-0.3, -0.25) is 4.79 Å². The van der Waals surface area contributed by atoms with Crippen molar-refractivity contribution >= 4 is 23.2 Å². The normalized spacial score (nSPS) is 10.2. The molecule has 2 aromatic rings. The lowest BCUT2D eigenvalue weighted by atomic mass is 10.1. The highest BCUT2D eigenvalue weighted by molar-refractivity contribution is 6.31. The predicted octanol–water partition coefficient (Wildman–Crippen LogP) is 4.23. The van der Waals surface area contributed by atoms with Crippen LogP contribution in [0.15, 0.2) is 42.5 Å². The SMILES string of the molecule is CCc1ccccc1NC(=O)COc1ccc(Cl)c(C)c1. The number of aryl methyl sites for hydroxylation is 2. The Bertz CT molecular complexity index is 640. The van der Waals surface area contributed by atoms with Gasteiger partial charge < -0.3 is 10.1 Å². The summed E-state index contributed by atoms with van der Waals surface area (Å²) in [6.07, 6.45) is 0.869. The van der Waals surface area contributed by atoms with Crippen molar-refractivity contribution in [1.29, 1.82) is 0 Å². The van der Waals surface area contributed by atoms with Crippen LogP contribution in [0.5, 0.6) is 5.75 Å². The van der Waals surface area contributed by atoms with E-state index in [1.165, 1.54) is 0 Å². The van der Waals surface area contributed by atoms with Gasteiger partial charge in [-0.05, 0) is 48.7 Å². The summed E-state index contributed by atoms with van der Waals surface area (Å²) in [6, 6.07) is 13.1. The van der Waals surface area contributed by atoms with Gasteiger partial charge >= 0.3 is 0 Å². The van der Waals surface area contributed by atoms with Gasteiger partial charge in [-0.2, -0.15) is 0 Å². The summed E-state index contributed by atoms with van der Waals surface area (Å²) >= 11 is 5.95. The van der Waals surface area contributed by atoms with Crippen molar-refractivity contribution in [2.45, 2.75) is 20.3 Å². The quantitative estimate of drug-likeness (QED) is 0.897. The van der Waals surface area contributed by atoms with Crippen LogP contribution in [-0.2, 0) is 11.2 Å². The minimum absolute atomic E-state index is 0.0286. The van der Waals surface area contributed by atoms with E-state index in [-0.39, 0.29) is 12.5 Å². The zero-order chi connectivity index (χ0) is 15.2. The molecule has 1 amide bonds. The maximum absolute atomic E-state index is 11.9. The first-order valence-electron chi connectivity index (χ1n) is 6.87. The third kappa shape index (κ3) is 4.23. The van der Waals surface area contributed by atoms with Crippen molar-refractivity contribution in [1.82, 2.24) is 0 Å². The van der Waals surface area contributed by atoms with E-state index in [0.717, 1.165) is 23.2 Å². The lowest BCUT2D eigenvalue weighted by Crippen LogP contribution is -2.20.